The van der Waals surface area contributed by atoms with Crippen molar-refractivity contribution in [3.8, 4) is 0 Å². The van der Waals surface area contributed by atoms with Crippen LogP contribution in [0.3, 0.4) is 0 Å². The zero-order valence-electron chi connectivity index (χ0n) is 8.96. The number of nitrogens with zero attached hydrogens (tertiary/aromatic N) is 2. The summed E-state index contributed by atoms with van der Waals surface area (Å²) in [6.07, 6.45) is 3.34. The van der Waals surface area contributed by atoms with Crippen LogP contribution in [0, 0.1) is 6.92 Å². The number of aryl methyl sites for hydroxylation is 1. The normalized spacial score (nSPS) is 10.9. The van der Waals surface area contributed by atoms with Gasteiger partial charge in [-0.05, 0) is 18.6 Å². The smallest absolute Gasteiger partial charge is 0.240 e. The minimum atomic E-state index is -0.108. The number of isocyanates is 1. The molecule has 0 bridgehead atoms. The summed E-state index contributed by atoms with van der Waals surface area (Å²) in [5, 5.41) is 0. The maximum Gasteiger partial charge on any atom is 0.240 e. The van der Waals surface area contributed by atoms with Crippen molar-refractivity contribution in [2.75, 3.05) is 0 Å². The van der Waals surface area contributed by atoms with Gasteiger partial charge in [0.15, 0.2) is 0 Å². The molecule has 3 heteroatoms. The molecule has 0 amide bonds. The van der Waals surface area contributed by atoms with Gasteiger partial charge >= 0.3 is 0 Å². The van der Waals surface area contributed by atoms with E-state index in [4.69, 9.17) is 0 Å². The Balaban J connectivity index is 3.36. The van der Waals surface area contributed by atoms with Crippen molar-refractivity contribution in [1.82, 2.24) is 4.98 Å². The van der Waals surface area contributed by atoms with Crippen molar-refractivity contribution >= 4 is 11.8 Å². The zero-order chi connectivity index (χ0) is 10.8. The van der Waals surface area contributed by atoms with E-state index in [2.05, 4.69) is 9.98 Å². The molecule has 0 spiro atoms. The molecule has 0 aromatic carbocycles. The molecule has 0 fully saturated rings. The Hall–Kier alpha value is -1.47. The summed E-state index contributed by atoms with van der Waals surface area (Å²) in [4.78, 5) is 18.2. The molecular weight excluding hydrogens is 176 g/mol. The third-order valence-electron chi connectivity index (χ3n) is 1.88. The highest BCUT2D eigenvalue weighted by molar-refractivity contribution is 5.54. The van der Waals surface area contributed by atoms with Crippen LogP contribution >= 0.6 is 0 Å². The zero-order valence-corrected chi connectivity index (χ0v) is 8.96. The molecule has 0 aliphatic carbocycles. The van der Waals surface area contributed by atoms with E-state index >= 15 is 0 Å². The Morgan fingerprint density at radius 3 is 2.57 bits per heavy atom. The molecule has 74 valence electrons. The number of hydrogen-bond donors (Lipinski definition) is 0. The highest BCUT2D eigenvalue weighted by atomic mass is 16.1. The molecule has 0 saturated carbocycles. The van der Waals surface area contributed by atoms with Crippen molar-refractivity contribution in [3.05, 3.63) is 23.5 Å². The van der Waals surface area contributed by atoms with Gasteiger partial charge in [0.05, 0.1) is 11.4 Å². The van der Waals surface area contributed by atoms with Crippen LogP contribution in [0.15, 0.2) is 17.3 Å². The van der Waals surface area contributed by atoms with Crippen LogP contribution in [0.1, 0.15) is 32.0 Å². The molecule has 1 rings (SSSR count). The second-order valence-corrected chi connectivity index (χ2v) is 4.33. The van der Waals surface area contributed by atoms with E-state index in [0.717, 1.165) is 11.3 Å². The van der Waals surface area contributed by atoms with Crippen molar-refractivity contribution in [3.63, 3.8) is 0 Å². The number of aliphatic imine (C=N–C) groups is 1. The molecule has 0 saturated heterocycles. The molecule has 3 nitrogen and oxygen atoms in total. The van der Waals surface area contributed by atoms with Gasteiger partial charge in [-0.2, -0.15) is 4.99 Å². The van der Waals surface area contributed by atoms with Crippen LogP contribution in [0.2, 0.25) is 0 Å². The monoisotopic (exact) mass is 190 g/mol. The van der Waals surface area contributed by atoms with Crippen LogP contribution in [0.25, 0.3) is 0 Å². The minimum absolute atomic E-state index is 0.108. The van der Waals surface area contributed by atoms with Crippen molar-refractivity contribution in [1.29, 1.82) is 0 Å². The van der Waals surface area contributed by atoms with Crippen LogP contribution in [-0.2, 0) is 10.2 Å². The van der Waals surface area contributed by atoms with E-state index < -0.39 is 0 Å². The molecule has 1 aromatic rings. The van der Waals surface area contributed by atoms with E-state index in [1.165, 1.54) is 0 Å². The van der Waals surface area contributed by atoms with E-state index in [1.54, 1.807) is 12.3 Å². The molecular formula is C11H14N2O. The number of carbonyl (C=O) groups excluding carboxylic acids is 1. The Morgan fingerprint density at radius 2 is 2.07 bits per heavy atom. The van der Waals surface area contributed by atoms with E-state index in [9.17, 15) is 4.79 Å². The van der Waals surface area contributed by atoms with Crippen molar-refractivity contribution in [2.45, 2.75) is 33.1 Å². The Labute approximate surface area is 83.9 Å². The predicted octanol–water partition coefficient (Wildman–Crippen LogP) is 2.65. The SMILES string of the molecule is Cc1cnc(C(C)(C)C)c(N=C=O)c1. The molecule has 0 atom stereocenters. The lowest BCUT2D eigenvalue weighted by Crippen LogP contribution is -2.13. The van der Waals surface area contributed by atoms with Gasteiger partial charge in [0.2, 0.25) is 6.08 Å². The topological polar surface area (TPSA) is 42.3 Å². The molecule has 0 radical (unpaired) electrons. The van der Waals surface area contributed by atoms with Crippen LogP contribution in [-0.4, -0.2) is 11.1 Å². The first-order valence-electron chi connectivity index (χ1n) is 4.50. The lowest BCUT2D eigenvalue weighted by molar-refractivity contribution is 0.561. The number of pyridine rings is 1. The second-order valence-electron chi connectivity index (χ2n) is 4.33. The Morgan fingerprint density at radius 1 is 1.43 bits per heavy atom. The first-order chi connectivity index (χ1) is 6.45. The maximum absolute atomic E-state index is 10.2. The highest BCUT2D eigenvalue weighted by Crippen LogP contribution is 2.29. The molecule has 1 heterocycles. The number of hydrogen-bond acceptors (Lipinski definition) is 3. The Bertz CT molecular complexity index is 385. The van der Waals surface area contributed by atoms with Gasteiger partial charge in [-0.3, -0.25) is 4.98 Å². The Kier molecular flexibility index (Phi) is 2.82. The summed E-state index contributed by atoms with van der Waals surface area (Å²) in [5.41, 5.74) is 2.33. The molecule has 14 heavy (non-hydrogen) atoms. The summed E-state index contributed by atoms with van der Waals surface area (Å²) < 4.78 is 0. The van der Waals surface area contributed by atoms with E-state index in [-0.39, 0.29) is 5.41 Å². The number of aromatic nitrogens is 1. The summed E-state index contributed by atoms with van der Waals surface area (Å²) >= 11 is 0. The standard InChI is InChI=1S/C11H14N2O/c1-8-5-9(13-7-14)10(12-6-8)11(2,3)4/h5-6H,1-4H3. The molecule has 0 N–H and O–H groups in total. The first kappa shape index (κ1) is 10.6. The van der Waals surface area contributed by atoms with Gasteiger partial charge in [-0.25, -0.2) is 4.79 Å². The fraction of sp³-hybridized carbons (Fsp3) is 0.455. The van der Waals surface area contributed by atoms with Gasteiger partial charge < -0.3 is 0 Å². The fourth-order valence-corrected chi connectivity index (χ4v) is 1.27. The lowest BCUT2D eigenvalue weighted by atomic mass is 9.90. The number of rotatable bonds is 1. The molecule has 0 aliphatic heterocycles. The van der Waals surface area contributed by atoms with Crippen LogP contribution < -0.4 is 0 Å². The third-order valence-corrected chi connectivity index (χ3v) is 1.88. The van der Waals surface area contributed by atoms with Gasteiger partial charge in [0.25, 0.3) is 0 Å². The lowest BCUT2D eigenvalue weighted by Gasteiger charge is -2.19. The van der Waals surface area contributed by atoms with Crippen LogP contribution in [0.4, 0.5) is 5.69 Å². The van der Waals surface area contributed by atoms with Gasteiger partial charge in [-0.15, -0.1) is 0 Å². The summed E-state index contributed by atoms with van der Waals surface area (Å²) in [5.74, 6) is 0. The largest absolute Gasteiger partial charge is 0.258 e. The highest BCUT2D eigenvalue weighted by Gasteiger charge is 2.19. The first-order valence-corrected chi connectivity index (χ1v) is 4.50. The maximum atomic E-state index is 10.2. The quantitative estimate of drug-likeness (QED) is 0.504. The van der Waals surface area contributed by atoms with Gasteiger partial charge in [0, 0.05) is 11.6 Å². The summed E-state index contributed by atoms with van der Waals surface area (Å²) in [7, 11) is 0. The van der Waals surface area contributed by atoms with E-state index in [0.29, 0.717) is 5.69 Å². The van der Waals surface area contributed by atoms with Gasteiger partial charge in [0.1, 0.15) is 0 Å². The van der Waals surface area contributed by atoms with Gasteiger partial charge in [-0.1, -0.05) is 20.8 Å². The average Bonchev–Trinajstić information content (AvgIpc) is 2.02. The van der Waals surface area contributed by atoms with Crippen molar-refractivity contribution < 1.29 is 4.79 Å². The second kappa shape index (κ2) is 3.72. The van der Waals surface area contributed by atoms with Crippen LogP contribution in [0.5, 0.6) is 0 Å². The summed E-state index contributed by atoms with van der Waals surface area (Å²) in [6.45, 7) is 8.03. The predicted molar refractivity (Wildman–Crippen MR) is 55.5 cm³/mol. The minimum Gasteiger partial charge on any atom is -0.258 e. The summed E-state index contributed by atoms with van der Waals surface area (Å²) in [6, 6.07) is 1.85. The average molecular weight is 190 g/mol. The van der Waals surface area contributed by atoms with E-state index in [1.807, 2.05) is 33.8 Å². The fourth-order valence-electron chi connectivity index (χ4n) is 1.27. The van der Waals surface area contributed by atoms with Crippen molar-refractivity contribution in [2.24, 2.45) is 4.99 Å². The molecule has 0 unspecified atom stereocenters. The molecule has 1 aromatic heterocycles. The third kappa shape index (κ3) is 2.27. The molecule has 0 aliphatic rings.